The summed E-state index contributed by atoms with van der Waals surface area (Å²) in [5, 5.41) is 22.4. The minimum Gasteiger partial charge on any atom is -0.351 e. The molecule has 3 aromatic rings. The summed E-state index contributed by atoms with van der Waals surface area (Å²) in [6.07, 6.45) is 0. The van der Waals surface area contributed by atoms with Gasteiger partial charge in [-0.05, 0) is 42.5 Å². The molecule has 0 aliphatic carbocycles. The smallest absolute Gasteiger partial charge is 0.229 e. The van der Waals surface area contributed by atoms with Gasteiger partial charge in [-0.15, -0.1) is 0 Å². The molecule has 4 N–H and O–H groups in total. The van der Waals surface area contributed by atoms with Crippen LogP contribution in [0, 0.1) is 16.7 Å². The summed E-state index contributed by atoms with van der Waals surface area (Å²) in [4.78, 5) is 0. The zero-order chi connectivity index (χ0) is 16.8. The molecular weight excluding hydrogens is 296 g/mol. The van der Waals surface area contributed by atoms with Crippen LogP contribution in [-0.4, -0.2) is 5.84 Å². The molecule has 0 unspecified atom stereocenters. The fraction of sp³-hybridized carbons (Fsp3) is 0. The molecule has 0 aliphatic heterocycles. The van der Waals surface area contributed by atoms with Crippen molar-refractivity contribution >= 4 is 22.9 Å². The second-order valence-electron chi connectivity index (χ2n) is 5.33. The van der Waals surface area contributed by atoms with Crippen LogP contribution in [-0.2, 0) is 0 Å². The predicted octanol–water partition coefficient (Wildman–Crippen LogP) is 3.52. The third kappa shape index (κ3) is 3.67. The van der Waals surface area contributed by atoms with E-state index in [2.05, 4.69) is 11.4 Å². The van der Waals surface area contributed by atoms with E-state index in [1.165, 1.54) is 0 Å². The molecule has 0 spiro atoms. The van der Waals surface area contributed by atoms with Gasteiger partial charge in [0, 0.05) is 11.8 Å². The Hall–Kier alpha value is -3.42. The number of hydrogen-bond acceptors (Lipinski definition) is 3. The lowest BCUT2D eigenvalue weighted by Gasteiger charge is -2.10. The van der Waals surface area contributed by atoms with Crippen molar-refractivity contribution in [2.75, 3.05) is 5.32 Å². The van der Waals surface area contributed by atoms with Crippen molar-refractivity contribution in [1.29, 1.82) is 10.7 Å². The summed E-state index contributed by atoms with van der Waals surface area (Å²) in [6.45, 7) is 0. The fourth-order valence-corrected chi connectivity index (χ4v) is 2.38. The van der Waals surface area contributed by atoms with Gasteiger partial charge in [-0.2, -0.15) is 5.26 Å². The molecule has 4 nitrogen and oxygen atoms in total. The van der Waals surface area contributed by atoms with Gasteiger partial charge in [0.25, 0.3) is 0 Å². The lowest BCUT2D eigenvalue weighted by Crippen LogP contribution is -2.82. The first kappa shape index (κ1) is 15.5. The van der Waals surface area contributed by atoms with Crippen molar-refractivity contribution in [3.8, 4) is 6.07 Å². The second-order valence-corrected chi connectivity index (χ2v) is 5.33. The van der Waals surface area contributed by atoms with Gasteiger partial charge < -0.3 is 5.32 Å². The molecule has 0 aliphatic rings. The van der Waals surface area contributed by atoms with E-state index in [9.17, 15) is 0 Å². The quantitative estimate of drug-likeness (QED) is 0.391. The number of anilines is 2. The SMILES string of the molecule is N#Cc1ccc(C(=N)[NH2+]c2ccccc2Nc2ccccc2)cc1. The summed E-state index contributed by atoms with van der Waals surface area (Å²) < 4.78 is 0. The van der Waals surface area contributed by atoms with Crippen molar-refractivity contribution in [1.82, 2.24) is 0 Å². The lowest BCUT2D eigenvalue weighted by molar-refractivity contribution is -0.442. The zero-order valence-electron chi connectivity index (χ0n) is 13.0. The van der Waals surface area contributed by atoms with Crippen LogP contribution in [0.15, 0.2) is 78.9 Å². The maximum Gasteiger partial charge on any atom is 0.229 e. The minimum absolute atomic E-state index is 0.404. The molecule has 24 heavy (non-hydrogen) atoms. The van der Waals surface area contributed by atoms with Gasteiger partial charge in [-0.1, -0.05) is 30.3 Å². The summed E-state index contributed by atoms with van der Waals surface area (Å²) in [5.74, 6) is 0.404. The second kappa shape index (κ2) is 7.23. The van der Waals surface area contributed by atoms with E-state index >= 15 is 0 Å². The molecule has 116 valence electrons. The Morgan fingerprint density at radius 3 is 2.25 bits per heavy atom. The van der Waals surface area contributed by atoms with Gasteiger partial charge in [0.1, 0.15) is 5.69 Å². The molecule has 0 radical (unpaired) electrons. The average molecular weight is 313 g/mol. The van der Waals surface area contributed by atoms with Crippen LogP contribution in [0.1, 0.15) is 11.1 Å². The number of nitriles is 1. The highest BCUT2D eigenvalue weighted by Gasteiger charge is 2.11. The van der Waals surface area contributed by atoms with Crippen LogP contribution in [0.4, 0.5) is 17.1 Å². The highest BCUT2D eigenvalue weighted by atomic mass is 15.0. The Kier molecular flexibility index (Phi) is 4.66. The number of quaternary nitrogens is 1. The molecule has 0 saturated carbocycles. The molecule has 0 atom stereocenters. The summed E-state index contributed by atoms with van der Waals surface area (Å²) >= 11 is 0. The molecule has 0 aromatic heterocycles. The number of rotatable bonds is 4. The van der Waals surface area contributed by atoms with E-state index in [4.69, 9.17) is 10.7 Å². The van der Waals surface area contributed by atoms with Crippen molar-refractivity contribution in [2.24, 2.45) is 0 Å². The molecule has 0 amide bonds. The van der Waals surface area contributed by atoms with Crippen LogP contribution in [0.5, 0.6) is 0 Å². The van der Waals surface area contributed by atoms with Crippen molar-refractivity contribution < 1.29 is 5.32 Å². The van der Waals surface area contributed by atoms with E-state index in [1.807, 2.05) is 59.9 Å². The highest BCUT2D eigenvalue weighted by molar-refractivity contribution is 5.90. The molecule has 0 saturated heterocycles. The van der Waals surface area contributed by atoms with Crippen molar-refractivity contribution in [3.63, 3.8) is 0 Å². The maximum absolute atomic E-state index is 8.86. The predicted molar refractivity (Wildman–Crippen MR) is 95.7 cm³/mol. The number of nitrogens with zero attached hydrogens (tertiary/aromatic N) is 1. The zero-order valence-corrected chi connectivity index (χ0v) is 13.0. The van der Waals surface area contributed by atoms with Crippen LogP contribution in [0.3, 0.4) is 0 Å². The monoisotopic (exact) mass is 313 g/mol. The Morgan fingerprint density at radius 2 is 1.54 bits per heavy atom. The van der Waals surface area contributed by atoms with E-state index in [-0.39, 0.29) is 0 Å². The van der Waals surface area contributed by atoms with E-state index in [0.717, 1.165) is 22.6 Å². The van der Waals surface area contributed by atoms with E-state index in [1.54, 1.807) is 24.3 Å². The highest BCUT2D eigenvalue weighted by Crippen LogP contribution is 2.21. The fourth-order valence-electron chi connectivity index (χ4n) is 2.38. The molecule has 4 heteroatoms. The molecule has 3 rings (SSSR count). The number of nitrogens with two attached hydrogens (primary N) is 1. The number of hydrogen-bond donors (Lipinski definition) is 3. The molecule has 3 aromatic carbocycles. The van der Waals surface area contributed by atoms with Crippen molar-refractivity contribution in [2.45, 2.75) is 0 Å². The number of nitrogens with one attached hydrogen (secondary N) is 2. The van der Waals surface area contributed by atoms with Gasteiger partial charge in [0.05, 0.1) is 17.2 Å². The van der Waals surface area contributed by atoms with Gasteiger partial charge >= 0.3 is 0 Å². The molecule has 0 fully saturated rings. The summed E-state index contributed by atoms with van der Waals surface area (Å²) in [5.41, 5.74) is 4.27. The Labute approximate surface area is 140 Å². The maximum atomic E-state index is 8.86. The first-order valence-corrected chi connectivity index (χ1v) is 7.61. The Morgan fingerprint density at radius 1 is 0.875 bits per heavy atom. The number of amidine groups is 1. The van der Waals surface area contributed by atoms with Crippen molar-refractivity contribution in [3.05, 3.63) is 90.0 Å². The summed E-state index contributed by atoms with van der Waals surface area (Å²) in [7, 11) is 0. The number of benzene rings is 3. The third-order valence-corrected chi connectivity index (χ3v) is 3.64. The van der Waals surface area contributed by atoms with Crippen LogP contribution in [0.25, 0.3) is 0 Å². The third-order valence-electron chi connectivity index (χ3n) is 3.64. The Bertz CT molecular complexity index is 878. The van der Waals surface area contributed by atoms with Gasteiger partial charge in [0.15, 0.2) is 5.69 Å². The average Bonchev–Trinajstić information content (AvgIpc) is 2.64. The largest absolute Gasteiger partial charge is 0.351 e. The standard InChI is InChI=1S/C20H16N4/c21-14-15-10-12-16(13-11-15)20(22)24-19-9-5-4-8-18(19)23-17-6-2-1-3-7-17/h1-13,23H,(H2,22,24)/p+1. The molecular formula is C20H17N4+. The molecule has 0 bridgehead atoms. The number of para-hydroxylation sites is 3. The van der Waals surface area contributed by atoms with Gasteiger partial charge in [0.2, 0.25) is 5.84 Å². The van der Waals surface area contributed by atoms with E-state index < -0.39 is 0 Å². The molecule has 0 heterocycles. The van der Waals surface area contributed by atoms with Gasteiger partial charge in [-0.3, -0.25) is 5.32 Å². The first-order valence-electron chi connectivity index (χ1n) is 7.61. The first-order chi connectivity index (χ1) is 11.8. The normalized spacial score (nSPS) is 9.96. The van der Waals surface area contributed by atoms with E-state index in [0.29, 0.717) is 11.4 Å². The van der Waals surface area contributed by atoms with Crippen LogP contribution >= 0.6 is 0 Å². The minimum atomic E-state index is 0.404. The topological polar surface area (TPSA) is 76.3 Å². The number of nitrogen functional groups attached to an aromatic ring is 1. The summed E-state index contributed by atoms with van der Waals surface area (Å²) in [6, 6.07) is 27.0. The van der Waals surface area contributed by atoms with Crippen LogP contribution in [0.2, 0.25) is 0 Å². The lowest BCUT2D eigenvalue weighted by atomic mass is 10.1. The van der Waals surface area contributed by atoms with Crippen LogP contribution < -0.4 is 10.6 Å². The Balaban J connectivity index is 1.79. The van der Waals surface area contributed by atoms with Gasteiger partial charge in [-0.25, -0.2) is 5.41 Å².